The third-order valence-electron chi connectivity index (χ3n) is 5.11. The molecule has 1 aliphatic rings. The van der Waals surface area contributed by atoms with E-state index >= 15 is 0 Å². The Hall–Kier alpha value is -3.25. The number of hydrogen-bond acceptors (Lipinski definition) is 5. The molecule has 6 nitrogen and oxygen atoms in total. The number of aromatic nitrogens is 2. The average Bonchev–Trinajstić information content (AvgIpc) is 2.67. The van der Waals surface area contributed by atoms with E-state index in [0.717, 1.165) is 28.1 Å². The molecule has 0 saturated heterocycles. The van der Waals surface area contributed by atoms with Crippen LogP contribution in [0.15, 0.2) is 52.3 Å². The molecule has 28 heavy (non-hydrogen) atoms. The first kappa shape index (κ1) is 18.1. The number of H-pyrrole nitrogens is 1. The molecule has 2 aromatic carbocycles. The van der Waals surface area contributed by atoms with Gasteiger partial charge in [0.25, 0.3) is 5.56 Å². The minimum Gasteiger partial charge on any atom is -0.388 e. The maximum Gasteiger partial charge on any atom is 0.279 e. The van der Waals surface area contributed by atoms with E-state index in [0.29, 0.717) is 24.3 Å². The van der Waals surface area contributed by atoms with Gasteiger partial charge in [0.2, 0.25) is 0 Å². The van der Waals surface area contributed by atoms with Crippen LogP contribution in [0, 0.1) is 13.8 Å². The van der Waals surface area contributed by atoms with Crippen molar-refractivity contribution in [2.45, 2.75) is 26.4 Å². The van der Waals surface area contributed by atoms with Gasteiger partial charge in [0, 0.05) is 6.54 Å². The number of aryl methyl sites for hydroxylation is 2. The SMILES string of the molecule is C=c1nc2c(c(=O)[nH]1)=Nc1cc(C)c(C)cc1N2CCC(O)c1ccccc1. The summed E-state index contributed by atoms with van der Waals surface area (Å²) in [6.45, 7) is 8.32. The Balaban J connectivity index is 1.78. The molecular weight excluding hydrogens is 352 g/mol. The van der Waals surface area contributed by atoms with Crippen LogP contribution in [-0.2, 0) is 0 Å². The molecule has 0 saturated carbocycles. The zero-order chi connectivity index (χ0) is 19.8. The molecule has 1 atom stereocenters. The molecule has 0 fully saturated rings. The molecule has 0 amide bonds. The number of aliphatic hydroxyl groups excluding tert-OH is 1. The molecular formula is C22H22N4O2. The second-order valence-electron chi connectivity index (χ2n) is 7.09. The third-order valence-corrected chi connectivity index (χ3v) is 5.11. The van der Waals surface area contributed by atoms with Gasteiger partial charge in [-0.15, -0.1) is 0 Å². The summed E-state index contributed by atoms with van der Waals surface area (Å²) in [6.07, 6.45) is -0.128. The second-order valence-corrected chi connectivity index (χ2v) is 7.09. The number of aliphatic hydroxyl groups is 1. The standard InChI is InChI=1S/C22H22N4O2/c1-13-11-17-18(12-14(13)2)26(10-9-19(27)16-7-5-4-6-8-16)21-20(25-17)22(28)24-15(3)23-21/h4-8,11-12,19,27H,3,9-10H2,1-2H3,(H,24,28). The van der Waals surface area contributed by atoms with Crippen molar-refractivity contribution in [3.8, 4) is 0 Å². The zero-order valence-corrected chi connectivity index (χ0v) is 15.9. The summed E-state index contributed by atoms with van der Waals surface area (Å²) in [7, 11) is 0. The first-order valence-corrected chi connectivity index (χ1v) is 9.24. The van der Waals surface area contributed by atoms with Gasteiger partial charge in [-0.2, -0.15) is 0 Å². The van der Waals surface area contributed by atoms with Gasteiger partial charge in [-0.05, 0) is 49.1 Å². The van der Waals surface area contributed by atoms with E-state index in [1.54, 1.807) is 0 Å². The fourth-order valence-corrected chi connectivity index (χ4v) is 3.44. The minimum absolute atomic E-state index is 0.275. The van der Waals surface area contributed by atoms with Crippen LogP contribution in [0.4, 0.5) is 17.2 Å². The van der Waals surface area contributed by atoms with Gasteiger partial charge in [-0.1, -0.05) is 36.9 Å². The maximum absolute atomic E-state index is 12.4. The summed E-state index contributed by atoms with van der Waals surface area (Å²) in [5.41, 5.74) is 4.69. The Labute approximate surface area is 162 Å². The number of aromatic amines is 1. The van der Waals surface area contributed by atoms with Crippen LogP contribution in [0.3, 0.4) is 0 Å². The highest BCUT2D eigenvalue weighted by Gasteiger charge is 2.24. The lowest BCUT2D eigenvalue weighted by Crippen LogP contribution is -2.42. The van der Waals surface area contributed by atoms with Crippen molar-refractivity contribution in [3.05, 3.63) is 80.3 Å². The van der Waals surface area contributed by atoms with E-state index in [-0.39, 0.29) is 10.9 Å². The Kier molecular flexibility index (Phi) is 4.57. The summed E-state index contributed by atoms with van der Waals surface area (Å²) in [4.78, 5) is 26.0. The molecule has 0 spiro atoms. The average molecular weight is 374 g/mol. The van der Waals surface area contributed by atoms with Crippen LogP contribution in [0.25, 0.3) is 6.58 Å². The lowest BCUT2D eigenvalue weighted by atomic mass is 10.0. The fraction of sp³-hybridized carbons (Fsp3) is 0.227. The van der Waals surface area contributed by atoms with Crippen LogP contribution >= 0.6 is 0 Å². The topological polar surface area (TPSA) is 81.6 Å². The molecule has 1 aliphatic heterocycles. The molecule has 0 bridgehead atoms. The van der Waals surface area contributed by atoms with Gasteiger partial charge in [0.15, 0.2) is 11.2 Å². The minimum atomic E-state index is -0.611. The van der Waals surface area contributed by atoms with Crippen molar-refractivity contribution in [2.75, 3.05) is 11.4 Å². The Morgan fingerprint density at radius 1 is 1.18 bits per heavy atom. The largest absolute Gasteiger partial charge is 0.388 e. The highest BCUT2D eigenvalue weighted by atomic mass is 16.3. The molecule has 4 rings (SSSR count). The molecule has 1 aromatic heterocycles. The smallest absolute Gasteiger partial charge is 0.279 e. The molecule has 142 valence electrons. The van der Waals surface area contributed by atoms with Crippen molar-refractivity contribution in [1.82, 2.24) is 9.97 Å². The normalized spacial score (nSPS) is 13.5. The Morgan fingerprint density at radius 3 is 2.64 bits per heavy atom. The molecule has 6 heteroatoms. The first-order valence-electron chi connectivity index (χ1n) is 9.24. The maximum atomic E-state index is 12.4. The number of hydrogen-bond donors (Lipinski definition) is 2. The fourth-order valence-electron chi connectivity index (χ4n) is 3.44. The summed E-state index contributed by atoms with van der Waals surface area (Å²) < 4.78 is 0. The van der Waals surface area contributed by atoms with E-state index < -0.39 is 6.10 Å². The molecule has 2 N–H and O–H groups in total. The van der Waals surface area contributed by atoms with E-state index in [9.17, 15) is 9.90 Å². The zero-order valence-electron chi connectivity index (χ0n) is 15.9. The number of fused-ring (bicyclic) bond motifs is 2. The van der Waals surface area contributed by atoms with Gasteiger partial charge in [0.05, 0.1) is 17.5 Å². The van der Waals surface area contributed by atoms with Crippen LogP contribution in [0.5, 0.6) is 0 Å². The Morgan fingerprint density at radius 2 is 1.89 bits per heavy atom. The summed E-state index contributed by atoms with van der Waals surface area (Å²) in [6, 6.07) is 13.6. The van der Waals surface area contributed by atoms with Crippen molar-refractivity contribution < 1.29 is 5.11 Å². The van der Waals surface area contributed by atoms with Gasteiger partial charge in [-0.3, -0.25) is 4.79 Å². The van der Waals surface area contributed by atoms with Crippen LogP contribution in [-0.4, -0.2) is 21.6 Å². The van der Waals surface area contributed by atoms with Gasteiger partial charge in [-0.25, -0.2) is 9.98 Å². The Bertz CT molecular complexity index is 1200. The number of rotatable bonds is 4. The molecule has 0 aliphatic carbocycles. The van der Waals surface area contributed by atoms with Crippen molar-refractivity contribution in [2.24, 2.45) is 4.99 Å². The second kappa shape index (κ2) is 7.05. The first-order chi connectivity index (χ1) is 13.4. The molecule has 2 heterocycles. The van der Waals surface area contributed by atoms with Crippen LogP contribution in [0.1, 0.15) is 29.2 Å². The monoisotopic (exact) mass is 374 g/mol. The highest BCUT2D eigenvalue weighted by Crippen LogP contribution is 2.37. The van der Waals surface area contributed by atoms with Crippen molar-refractivity contribution >= 4 is 23.8 Å². The van der Waals surface area contributed by atoms with E-state index in [2.05, 4.69) is 27.6 Å². The van der Waals surface area contributed by atoms with Gasteiger partial charge >= 0.3 is 0 Å². The quantitative estimate of drug-likeness (QED) is 0.734. The van der Waals surface area contributed by atoms with Crippen molar-refractivity contribution in [3.63, 3.8) is 0 Å². The highest BCUT2D eigenvalue weighted by molar-refractivity contribution is 5.77. The van der Waals surface area contributed by atoms with Gasteiger partial charge < -0.3 is 15.0 Å². The lowest BCUT2D eigenvalue weighted by Gasteiger charge is -2.29. The van der Waals surface area contributed by atoms with Crippen LogP contribution in [0.2, 0.25) is 0 Å². The van der Waals surface area contributed by atoms with Crippen molar-refractivity contribution in [1.29, 1.82) is 0 Å². The lowest BCUT2D eigenvalue weighted by molar-refractivity contribution is 0.170. The predicted molar refractivity (Wildman–Crippen MR) is 110 cm³/mol. The number of nitrogens with zero attached hydrogens (tertiary/aromatic N) is 3. The van der Waals surface area contributed by atoms with Crippen LogP contribution < -0.4 is 21.3 Å². The summed E-state index contributed by atoms with van der Waals surface area (Å²) >= 11 is 0. The summed E-state index contributed by atoms with van der Waals surface area (Å²) in [5.74, 6) is 0.477. The van der Waals surface area contributed by atoms with E-state index in [4.69, 9.17) is 0 Å². The third kappa shape index (κ3) is 3.23. The summed E-state index contributed by atoms with van der Waals surface area (Å²) in [5, 5.41) is 10.9. The number of benzene rings is 2. The number of anilines is 2. The molecule has 3 aromatic rings. The van der Waals surface area contributed by atoms with Gasteiger partial charge in [0.1, 0.15) is 5.48 Å². The predicted octanol–water partition coefficient (Wildman–Crippen LogP) is 2.32. The van der Waals surface area contributed by atoms with E-state index in [1.807, 2.05) is 55.1 Å². The molecule has 1 unspecified atom stereocenters. The number of nitrogens with one attached hydrogen (secondary N) is 1. The molecule has 0 radical (unpaired) electrons. The van der Waals surface area contributed by atoms with E-state index in [1.165, 1.54) is 0 Å².